The van der Waals surface area contributed by atoms with E-state index in [-0.39, 0.29) is 11.7 Å². The minimum Gasteiger partial charge on any atom is -0.409 e. The SMILES string of the molecule is CC1(C(=O)Nc2cc(/C(N)=N/O)ccc2Cl)CCCS1. The Balaban J connectivity index is 2.22. The molecule has 1 unspecified atom stereocenters. The highest BCUT2D eigenvalue weighted by Gasteiger charge is 2.37. The molecule has 1 aliphatic rings. The van der Waals surface area contributed by atoms with E-state index in [1.54, 1.807) is 30.0 Å². The topological polar surface area (TPSA) is 87.7 Å². The van der Waals surface area contributed by atoms with E-state index in [1.807, 2.05) is 6.92 Å². The number of thioether (sulfide) groups is 1. The van der Waals surface area contributed by atoms with Crippen LogP contribution in [0.4, 0.5) is 5.69 Å². The van der Waals surface area contributed by atoms with Gasteiger partial charge < -0.3 is 16.3 Å². The fraction of sp³-hybridized carbons (Fsp3) is 0.385. The molecular formula is C13H16ClN3O2S. The number of anilines is 1. The van der Waals surface area contributed by atoms with Gasteiger partial charge in [-0.3, -0.25) is 4.79 Å². The highest BCUT2D eigenvalue weighted by Crippen LogP contribution is 2.39. The zero-order chi connectivity index (χ0) is 14.8. The lowest BCUT2D eigenvalue weighted by Crippen LogP contribution is -2.34. The average molecular weight is 314 g/mol. The van der Waals surface area contributed by atoms with Gasteiger partial charge in [-0.15, -0.1) is 11.8 Å². The zero-order valence-corrected chi connectivity index (χ0v) is 12.6. The molecule has 1 fully saturated rings. The summed E-state index contributed by atoms with van der Waals surface area (Å²) in [6.07, 6.45) is 1.88. The van der Waals surface area contributed by atoms with E-state index in [0.29, 0.717) is 16.3 Å². The van der Waals surface area contributed by atoms with Crippen LogP contribution >= 0.6 is 23.4 Å². The molecule has 4 N–H and O–H groups in total. The van der Waals surface area contributed by atoms with E-state index in [4.69, 9.17) is 22.5 Å². The molecule has 1 heterocycles. The van der Waals surface area contributed by atoms with Gasteiger partial charge in [0.15, 0.2) is 5.84 Å². The first-order valence-electron chi connectivity index (χ1n) is 6.19. The summed E-state index contributed by atoms with van der Waals surface area (Å²) in [5, 5.41) is 14.9. The van der Waals surface area contributed by atoms with Crippen molar-refractivity contribution in [2.24, 2.45) is 10.9 Å². The van der Waals surface area contributed by atoms with Gasteiger partial charge >= 0.3 is 0 Å². The smallest absolute Gasteiger partial charge is 0.240 e. The van der Waals surface area contributed by atoms with Gasteiger partial charge in [-0.05, 0) is 43.7 Å². The summed E-state index contributed by atoms with van der Waals surface area (Å²) < 4.78 is -0.421. The first-order chi connectivity index (χ1) is 9.46. The van der Waals surface area contributed by atoms with Crippen molar-refractivity contribution in [3.05, 3.63) is 28.8 Å². The molecule has 7 heteroatoms. The van der Waals surface area contributed by atoms with E-state index < -0.39 is 4.75 Å². The number of nitrogens with two attached hydrogens (primary N) is 1. The summed E-state index contributed by atoms with van der Waals surface area (Å²) in [6, 6.07) is 4.83. The molecule has 2 rings (SSSR count). The highest BCUT2D eigenvalue weighted by atomic mass is 35.5. The summed E-state index contributed by atoms with van der Waals surface area (Å²) in [5.74, 6) is 0.888. The van der Waals surface area contributed by atoms with Crippen LogP contribution in [0.1, 0.15) is 25.3 Å². The van der Waals surface area contributed by atoms with Crippen LogP contribution in [0.15, 0.2) is 23.4 Å². The standard InChI is InChI=1S/C13H16ClN3O2S/c1-13(5-2-6-20-13)12(18)16-10-7-8(11(15)17-19)3-4-9(10)14/h3-4,7,19H,2,5-6H2,1H3,(H2,15,17)(H,16,18). The quantitative estimate of drug-likeness (QED) is 0.346. The maximum Gasteiger partial charge on any atom is 0.240 e. The molecular weight excluding hydrogens is 298 g/mol. The van der Waals surface area contributed by atoms with Gasteiger partial charge in [0.2, 0.25) is 5.91 Å². The van der Waals surface area contributed by atoms with Gasteiger partial charge in [0.05, 0.1) is 15.5 Å². The van der Waals surface area contributed by atoms with Crippen molar-refractivity contribution in [2.45, 2.75) is 24.5 Å². The average Bonchev–Trinajstić information content (AvgIpc) is 2.88. The second-order valence-electron chi connectivity index (χ2n) is 4.82. The largest absolute Gasteiger partial charge is 0.409 e. The third-order valence-electron chi connectivity index (χ3n) is 3.32. The number of oxime groups is 1. The third kappa shape index (κ3) is 3.02. The molecule has 0 aliphatic carbocycles. The highest BCUT2D eigenvalue weighted by molar-refractivity contribution is 8.01. The van der Waals surface area contributed by atoms with Gasteiger partial charge in [0, 0.05) is 5.56 Å². The molecule has 5 nitrogen and oxygen atoms in total. The molecule has 1 aromatic rings. The van der Waals surface area contributed by atoms with Crippen molar-refractivity contribution in [1.29, 1.82) is 0 Å². The number of halogens is 1. The molecule has 1 atom stereocenters. The number of nitrogens with zero attached hydrogens (tertiary/aromatic N) is 1. The summed E-state index contributed by atoms with van der Waals surface area (Å²) in [4.78, 5) is 12.3. The van der Waals surface area contributed by atoms with Crippen LogP contribution in [-0.4, -0.2) is 27.4 Å². The van der Waals surface area contributed by atoms with Crippen molar-refractivity contribution in [1.82, 2.24) is 0 Å². The number of hydrogen-bond acceptors (Lipinski definition) is 4. The normalized spacial score (nSPS) is 22.8. The van der Waals surface area contributed by atoms with Crippen molar-refractivity contribution < 1.29 is 10.0 Å². The lowest BCUT2D eigenvalue weighted by molar-refractivity contribution is -0.118. The molecule has 0 saturated carbocycles. The Morgan fingerprint density at radius 1 is 1.60 bits per heavy atom. The number of benzene rings is 1. The van der Waals surface area contributed by atoms with Crippen molar-refractivity contribution in [3.8, 4) is 0 Å². The van der Waals surface area contributed by atoms with Gasteiger partial charge in [-0.2, -0.15) is 0 Å². The van der Waals surface area contributed by atoms with Gasteiger partial charge in [0.25, 0.3) is 0 Å². The second kappa shape index (κ2) is 5.93. The first-order valence-corrected chi connectivity index (χ1v) is 7.55. The van der Waals surface area contributed by atoms with Crippen LogP contribution in [0, 0.1) is 0 Å². The molecule has 20 heavy (non-hydrogen) atoms. The Kier molecular flexibility index (Phi) is 4.45. The number of nitrogens with one attached hydrogen (secondary N) is 1. The molecule has 108 valence electrons. The fourth-order valence-corrected chi connectivity index (χ4v) is 3.43. The Morgan fingerprint density at radius 3 is 2.95 bits per heavy atom. The first kappa shape index (κ1) is 15.0. The zero-order valence-electron chi connectivity index (χ0n) is 11.0. The Labute approximate surface area is 126 Å². The summed E-state index contributed by atoms with van der Waals surface area (Å²) in [6.45, 7) is 1.93. The van der Waals surface area contributed by atoms with E-state index in [9.17, 15) is 4.79 Å². The monoisotopic (exact) mass is 313 g/mol. The number of carbonyl (C=O) groups excluding carboxylic acids is 1. The number of amidine groups is 1. The molecule has 0 spiro atoms. The van der Waals surface area contributed by atoms with Crippen LogP contribution < -0.4 is 11.1 Å². The summed E-state index contributed by atoms with van der Waals surface area (Å²) in [7, 11) is 0. The van der Waals surface area contributed by atoms with Gasteiger partial charge in [-0.25, -0.2) is 0 Å². The second-order valence-corrected chi connectivity index (χ2v) is 6.82. The molecule has 0 radical (unpaired) electrons. The number of amides is 1. The third-order valence-corrected chi connectivity index (χ3v) is 5.17. The molecule has 1 amide bonds. The van der Waals surface area contributed by atoms with E-state index in [0.717, 1.165) is 18.6 Å². The Morgan fingerprint density at radius 2 is 2.35 bits per heavy atom. The van der Waals surface area contributed by atoms with Crippen molar-refractivity contribution >= 4 is 40.8 Å². The van der Waals surface area contributed by atoms with Gasteiger partial charge in [-0.1, -0.05) is 16.8 Å². The predicted octanol–water partition coefficient (Wildman–Crippen LogP) is 2.66. The lowest BCUT2D eigenvalue weighted by atomic mass is 10.0. The summed E-state index contributed by atoms with van der Waals surface area (Å²) >= 11 is 7.72. The number of carbonyl (C=O) groups is 1. The Bertz CT molecular complexity index is 557. The molecule has 1 aliphatic heterocycles. The molecule has 0 aromatic heterocycles. The van der Waals surface area contributed by atoms with Crippen molar-refractivity contribution in [3.63, 3.8) is 0 Å². The van der Waals surface area contributed by atoms with Crippen LogP contribution in [0.2, 0.25) is 5.02 Å². The maximum absolute atomic E-state index is 12.3. The minimum atomic E-state index is -0.421. The van der Waals surface area contributed by atoms with Gasteiger partial charge in [0.1, 0.15) is 0 Å². The van der Waals surface area contributed by atoms with Crippen LogP contribution in [0.25, 0.3) is 0 Å². The van der Waals surface area contributed by atoms with E-state index in [2.05, 4.69) is 10.5 Å². The maximum atomic E-state index is 12.3. The minimum absolute atomic E-state index is 0.0291. The van der Waals surface area contributed by atoms with Crippen LogP contribution in [0.3, 0.4) is 0 Å². The van der Waals surface area contributed by atoms with Crippen LogP contribution in [0.5, 0.6) is 0 Å². The van der Waals surface area contributed by atoms with E-state index in [1.165, 1.54) is 0 Å². The Hall–Kier alpha value is -1.40. The fourth-order valence-electron chi connectivity index (χ4n) is 2.05. The van der Waals surface area contributed by atoms with Crippen molar-refractivity contribution in [2.75, 3.05) is 11.1 Å². The predicted molar refractivity (Wildman–Crippen MR) is 82.7 cm³/mol. The lowest BCUT2D eigenvalue weighted by Gasteiger charge is -2.22. The molecule has 1 aromatic carbocycles. The summed E-state index contributed by atoms with van der Waals surface area (Å²) in [5.41, 5.74) is 6.50. The van der Waals surface area contributed by atoms with Crippen LogP contribution in [-0.2, 0) is 4.79 Å². The number of hydrogen-bond donors (Lipinski definition) is 3. The van der Waals surface area contributed by atoms with E-state index >= 15 is 0 Å². The number of rotatable bonds is 3. The molecule has 1 saturated heterocycles. The molecule has 0 bridgehead atoms.